The molecule has 0 N–H and O–H groups in total. The zero-order chi connectivity index (χ0) is 26.1. The number of halogens is 4. The topological polar surface area (TPSA) is 38.1 Å². The van der Waals surface area contributed by atoms with Crippen molar-refractivity contribution >= 4 is 17.8 Å². The van der Waals surface area contributed by atoms with Crippen LogP contribution in [-0.2, 0) is 12.0 Å². The number of rotatable bonds is 6. The number of hydrogen-bond acceptors (Lipinski definition) is 2. The molecule has 0 unspecified atom stereocenters. The standard InChI is InChI=1S/C28H29F4N3O/c1-19-15-25(24(29)17-20-9-11-23(12-10-20)27(2,3)28(30,31)32)33-35(19)18-21-7-6-8-22(16-21)26(36)34-13-4-5-14-34/h6-12,15-17H,4-5,13-14,18H2,1-3H3. The Kier molecular flexibility index (Phi) is 7.07. The van der Waals surface area contributed by atoms with Crippen LogP contribution in [0.3, 0.4) is 0 Å². The summed E-state index contributed by atoms with van der Waals surface area (Å²) in [5, 5.41) is 4.37. The van der Waals surface area contributed by atoms with Crippen LogP contribution in [0.15, 0.2) is 54.6 Å². The molecule has 1 amide bonds. The maximum Gasteiger partial charge on any atom is 0.397 e. The molecule has 0 aliphatic carbocycles. The Morgan fingerprint density at radius 1 is 1.03 bits per heavy atom. The number of hydrogen-bond donors (Lipinski definition) is 0. The van der Waals surface area contributed by atoms with E-state index in [1.165, 1.54) is 30.3 Å². The molecule has 0 saturated carbocycles. The Balaban J connectivity index is 1.49. The van der Waals surface area contributed by atoms with Crippen molar-refractivity contribution < 1.29 is 22.4 Å². The lowest BCUT2D eigenvalue weighted by Gasteiger charge is -2.28. The minimum atomic E-state index is -4.39. The zero-order valence-corrected chi connectivity index (χ0v) is 20.6. The maximum absolute atomic E-state index is 15.0. The number of carbonyl (C=O) groups is 1. The molecule has 1 aliphatic heterocycles. The Hall–Kier alpha value is -3.42. The van der Waals surface area contributed by atoms with Crippen LogP contribution >= 0.6 is 0 Å². The Labute approximate surface area is 208 Å². The third kappa shape index (κ3) is 5.37. The fourth-order valence-electron chi connectivity index (χ4n) is 4.25. The van der Waals surface area contributed by atoms with Crippen LogP contribution in [0.5, 0.6) is 0 Å². The molecule has 3 aromatic rings. The monoisotopic (exact) mass is 499 g/mol. The van der Waals surface area contributed by atoms with Crippen LogP contribution in [0, 0.1) is 6.92 Å². The summed E-state index contributed by atoms with van der Waals surface area (Å²) in [6, 6.07) is 14.7. The number of aromatic nitrogens is 2. The normalized spacial score (nSPS) is 15.0. The second-order valence-electron chi connectivity index (χ2n) is 9.77. The minimum absolute atomic E-state index is 0.0193. The highest BCUT2D eigenvalue weighted by atomic mass is 19.4. The average Bonchev–Trinajstić information content (AvgIpc) is 3.49. The highest BCUT2D eigenvalue weighted by Gasteiger charge is 2.48. The zero-order valence-electron chi connectivity index (χ0n) is 20.6. The SMILES string of the molecule is Cc1cc(C(F)=Cc2ccc(C(C)(C)C(F)(F)F)cc2)nn1Cc1cccc(C(=O)N2CCCC2)c1. The van der Waals surface area contributed by atoms with Crippen molar-refractivity contribution in [3.8, 4) is 0 Å². The molecule has 4 nitrogen and oxygen atoms in total. The highest BCUT2D eigenvalue weighted by Crippen LogP contribution is 2.40. The summed E-state index contributed by atoms with van der Waals surface area (Å²) in [4.78, 5) is 14.6. The van der Waals surface area contributed by atoms with E-state index in [9.17, 15) is 22.4 Å². The van der Waals surface area contributed by atoms with Gasteiger partial charge in [0.2, 0.25) is 0 Å². The molecule has 0 spiro atoms. The van der Waals surface area contributed by atoms with Crippen LogP contribution in [0.1, 0.15) is 65.1 Å². The molecule has 1 saturated heterocycles. The van der Waals surface area contributed by atoms with Gasteiger partial charge in [0.15, 0.2) is 5.83 Å². The van der Waals surface area contributed by atoms with Gasteiger partial charge in [0.05, 0.1) is 12.0 Å². The summed E-state index contributed by atoms with van der Waals surface area (Å²) in [6.45, 7) is 5.98. The molecule has 0 radical (unpaired) electrons. The van der Waals surface area contributed by atoms with Crippen molar-refractivity contribution in [1.29, 1.82) is 0 Å². The second kappa shape index (κ2) is 9.91. The van der Waals surface area contributed by atoms with Crippen molar-refractivity contribution in [2.75, 3.05) is 13.1 Å². The van der Waals surface area contributed by atoms with Crippen LogP contribution < -0.4 is 0 Å². The number of aryl methyl sites for hydroxylation is 1. The Morgan fingerprint density at radius 3 is 2.33 bits per heavy atom. The average molecular weight is 500 g/mol. The van der Waals surface area contributed by atoms with Gasteiger partial charge in [0.25, 0.3) is 5.91 Å². The molecule has 36 heavy (non-hydrogen) atoms. The van der Waals surface area contributed by atoms with Gasteiger partial charge in [-0.1, -0.05) is 36.4 Å². The number of nitrogens with zero attached hydrogens (tertiary/aromatic N) is 3. The van der Waals surface area contributed by atoms with Gasteiger partial charge in [-0.15, -0.1) is 0 Å². The number of amides is 1. The number of carbonyl (C=O) groups excluding carboxylic acids is 1. The van der Waals surface area contributed by atoms with Crippen LogP contribution in [0.2, 0.25) is 0 Å². The van der Waals surface area contributed by atoms with E-state index < -0.39 is 17.4 Å². The van der Waals surface area contributed by atoms with Gasteiger partial charge < -0.3 is 4.90 Å². The summed E-state index contributed by atoms with van der Waals surface area (Å²) in [5.41, 5.74) is 0.934. The number of alkyl halides is 3. The first kappa shape index (κ1) is 25.7. The number of benzene rings is 2. The van der Waals surface area contributed by atoms with Gasteiger partial charge in [-0.05, 0) is 74.6 Å². The molecule has 0 bridgehead atoms. The van der Waals surface area contributed by atoms with E-state index in [1.807, 2.05) is 30.0 Å². The van der Waals surface area contributed by atoms with Gasteiger partial charge in [-0.2, -0.15) is 18.3 Å². The lowest BCUT2D eigenvalue weighted by atomic mass is 9.83. The molecular formula is C28H29F4N3O. The van der Waals surface area contributed by atoms with E-state index in [1.54, 1.807) is 16.8 Å². The van der Waals surface area contributed by atoms with Gasteiger partial charge in [-0.3, -0.25) is 9.48 Å². The van der Waals surface area contributed by atoms with E-state index >= 15 is 0 Å². The molecule has 1 aromatic heterocycles. The van der Waals surface area contributed by atoms with Gasteiger partial charge in [0.1, 0.15) is 5.69 Å². The van der Waals surface area contributed by atoms with Crippen LogP contribution in [0.25, 0.3) is 11.9 Å². The Morgan fingerprint density at radius 2 is 1.69 bits per heavy atom. The largest absolute Gasteiger partial charge is 0.397 e. The van der Waals surface area contributed by atoms with Crippen molar-refractivity contribution in [2.45, 2.75) is 51.7 Å². The highest BCUT2D eigenvalue weighted by molar-refractivity contribution is 5.94. The first-order valence-corrected chi connectivity index (χ1v) is 11.9. The molecule has 2 heterocycles. The van der Waals surface area contributed by atoms with Crippen molar-refractivity contribution in [2.24, 2.45) is 0 Å². The molecule has 1 fully saturated rings. The van der Waals surface area contributed by atoms with Crippen LogP contribution in [0.4, 0.5) is 17.6 Å². The van der Waals surface area contributed by atoms with Gasteiger partial charge in [0, 0.05) is 24.3 Å². The third-order valence-corrected chi connectivity index (χ3v) is 6.76. The summed E-state index contributed by atoms with van der Waals surface area (Å²) in [6.07, 6.45) is -1.09. The third-order valence-electron chi connectivity index (χ3n) is 6.76. The van der Waals surface area contributed by atoms with Gasteiger partial charge >= 0.3 is 6.18 Å². The summed E-state index contributed by atoms with van der Waals surface area (Å²) >= 11 is 0. The first-order chi connectivity index (χ1) is 17.0. The van der Waals surface area contributed by atoms with E-state index in [4.69, 9.17) is 0 Å². The van der Waals surface area contributed by atoms with E-state index in [2.05, 4.69) is 5.10 Å². The lowest BCUT2D eigenvalue weighted by molar-refractivity contribution is -0.180. The van der Waals surface area contributed by atoms with Gasteiger partial charge in [-0.25, -0.2) is 4.39 Å². The maximum atomic E-state index is 15.0. The molecular weight excluding hydrogens is 470 g/mol. The molecule has 190 valence electrons. The number of likely N-dealkylation sites (tertiary alicyclic amines) is 1. The summed E-state index contributed by atoms with van der Waals surface area (Å²) in [5.74, 6) is -0.566. The first-order valence-electron chi connectivity index (χ1n) is 11.9. The van der Waals surface area contributed by atoms with Crippen molar-refractivity contribution in [3.63, 3.8) is 0 Å². The Bertz CT molecular complexity index is 1270. The van der Waals surface area contributed by atoms with E-state index in [-0.39, 0.29) is 17.2 Å². The predicted octanol–water partition coefficient (Wildman–Crippen LogP) is 6.78. The van der Waals surface area contributed by atoms with Crippen molar-refractivity contribution in [3.05, 3.63) is 88.2 Å². The molecule has 2 aromatic carbocycles. The fraction of sp³-hybridized carbons (Fsp3) is 0.357. The van der Waals surface area contributed by atoms with Crippen molar-refractivity contribution in [1.82, 2.24) is 14.7 Å². The lowest BCUT2D eigenvalue weighted by Crippen LogP contribution is -2.36. The fourth-order valence-corrected chi connectivity index (χ4v) is 4.25. The van der Waals surface area contributed by atoms with E-state index in [0.29, 0.717) is 17.7 Å². The smallest absolute Gasteiger partial charge is 0.339 e. The molecule has 0 atom stereocenters. The quantitative estimate of drug-likeness (QED) is 0.351. The molecule has 4 rings (SSSR count). The second-order valence-corrected chi connectivity index (χ2v) is 9.77. The minimum Gasteiger partial charge on any atom is -0.339 e. The predicted molar refractivity (Wildman–Crippen MR) is 132 cm³/mol. The summed E-state index contributed by atoms with van der Waals surface area (Å²) in [7, 11) is 0. The van der Waals surface area contributed by atoms with E-state index in [0.717, 1.165) is 51.0 Å². The summed E-state index contributed by atoms with van der Waals surface area (Å²) < 4.78 is 56.5. The molecule has 1 aliphatic rings. The van der Waals surface area contributed by atoms with Crippen LogP contribution in [-0.4, -0.2) is 39.9 Å². The molecule has 8 heteroatoms.